The highest BCUT2D eigenvalue weighted by Gasteiger charge is 2.09. The summed E-state index contributed by atoms with van der Waals surface area (Å²) >= 11 is 3.19. The molecule has 0 aliphatic carbocycles. The van der Waals surface area contributed by atoms with Crippen LogP contribution in [0.25, 0.3) is 0 Å². The lowest BCUT2D eigenvalue weighted by Crippen LogP contribution is -2.00. The van der Waals surface area contributed by atoms with Crippen LogP contribution in [0, 0.1) is 5.82 Å². The average molecular weight is 277 g/mol. The SMILES string of the molecule is COCCCC(O)c1cc(F)cc(Br)c1. The van der Waals surface area contributed by atoms with Crippen molar-refractivity contribution in [2.45, 2.75) is 18.9 Å². The Balaban J connectivity index is 2.60. The van der Waals surface area contributed by atoms with E-state index in [2.05, 4.69) is 15.9 Å². The van der Waals surface area contributed by atoms with Crippen LogP contribution < -0.4 is 0 Å². The summed E-state index contributed by atoms with van der Waals surface area (Å²) in [6, 6.07) is 4.44. The number of hydrogen-bond donors (Lipinski definition) is 1. The maximum absolute atomic E-state index is 13.0. The van der Waals surface area contributed by atoms with Crippen molar-refractivity contribution < 1.29 is 14.2 Å². The third-order valence-corrected chi connectivity index (χ3v) is 2.55. The summed E-state index contributed by atoms with van der Waals surface area (Å²) < 4.78 is 18.5. The maximum atomic E-state index is 13.0. The minimum atomic E-state index is -0.632. The van der Waals surface area contributed by atoms with E-state index >= 15 is 0 Å². The van der Waals surface area contributed by atoms with E-state index in [0.717, 1.165) is 6.42 Å². The molecule has 84 valence electrons. The molecule has 0 saturated carbocycles. The molecule has 0 aliphatic rings. The van der Waals surface area contributed by atoms with E-state index in [0.29, 0.717) is 23.1 Å². The van der Waals surface area contributed by atoms with E-state index in [9.17, 15) is 9.50 Å². The monoisotopic (exact) mass is 276 g/mol. The molecule has 0 heterocycles. The molecule has 15 heavy (non-hydrogen) atoms. The van der Waals surface area contributed by atoms with Crippen LogP contribution in [0.3, 0.4) is 0 Å². The van der Waals surface area contributed by atoms with Crippen molar-refractivity contribution in [3.05, 3.63) is 34.1 Å². The standard InChI is InChI=1S/C11H14BrFO2/c1-15-4-2-3-11(14)8-5-9(12)7-10(13)6-8/h5-7,11,14H,2-4H2,1H3. The van der Waals surface area contributed by atoms with Crippen molar-refractivity contribution in [2.75, 3.05) is 13.7 Å². The van der Waals surface area contributed by atoms with Gasteiger partial charge in [-0.3, -0.25) is 0 Å². The number of halogens is 2. The lowest BCUT2D eigenvalue weighted by atomic mass is 10.1. The van der Waals surface area contributed by atoms with Gasteiger partial charge in [0, 0.05) is 18.2 Å². The van der Waals surface area contributed by atoms with Gasteiger partial charge in [-0.05, 0) is 36.6 Å². The number of benzene rings is 1. The molecule has 0 radical (unpaired) electrons. The summed E-state index contributed by atoms with van der Waals surface area (Å²) in [5.74, 6) is -0.342. The molecule has 0 bridgehead atoms. The Bertz CT molecular complexity index is 297. The first-order chi connectivity index (χ1) is 7.13. The van der Waals surface area contributed by atoms with E-state index in [1.807, 2.05) is 0 Å². The molecule has 0 aliphatic heterocycles. The summed E-state index contributed by atoms with van der Waals surface area (Å²) in [6.45, 7) is 0.605. The molecule has 0 aromatic heterocycles. The summed E-state index contributed by atoms with van der Waals surface area (Å²) in [5, 5.41) is 9.75. The van der Waals surface area contributed by atoms with Crippen LogP contribution in [-0.4, -0.2) is 18.8 Å². The van der Waals surface area contributed by atoms with Gasteiger partial charge in [-0.2, -0.15) is 0 Å². The summed E-state index contributed by atoms with van der Waals surface area (Å²) in [6.07, 6.45) is 0.697. The van der Waals surface area contributed by atoms with Gasteiger partial charge in [0.15, 0.2) is 0 Å². The summed E-state index contributed by atoms with van der Waals surface area (Å²) in [5.41, 5.74) is 0.595. The Morgan fingerprint density at radius 3 is 2.80 bits per heavy atom. The van der Waals surface area contributed by atoms with Crippen LogP contribution in [0.2, 0.25) is 0 Å². The topological polar surface area (TPSA) is 29.5 Å². The molecule has 1 aromatic carbocycles. The maximum Gasteiger partial charge on any atom is 0.124 e. The van der Waals surface area contributed by atoms with Gasteiger partial charge >= 0.3 is 0 Å². The third kappa shape index (κ3) is 4.28. The zero-order chi connectivity index (χ0) is 11.3. The molecule has 2 nitrogen and oxygen atoms in total. The quantitative estimate of drug-likeness (QED) is 0.838. The van der Waals surface area contributed by atoms with Gasteiger partial charge in [-0.1, -0.05) is 15.9 Å². The van der Waals surface area contributed by atoms with Crippen LogP contribution in [0.1, 0.15) is 24.5 Å². The van der Waals surface area contributed by atoms with E-state index in [4.69, 9.17) is 4.74 Å². The minimum absolute atomic E-state index is 0.342. The second-order valence-electron chi connectivity index (χ2n) is 3.35. The van der Waals surface area contributed by atoms with E-state index in [1.165, 1.54) is 12.1 Å². The molecule has 1 N–H and O–H groups in total. The Morgan fingerprint density at radius 1 is 1.47 bits per heavy atom. The normalized spacial score (nSPS) is 12.8. The smallest absolute Gasteiger partial charge is 0.124 e. The molecule has 0 spiro atoms. The Morgan fingerprint density at radius 2 is 2.20 bits per heavy atom. The minimum Gasteiger partial charge on any atom is -0.388 e. The van der Waals surface area contributed by atoms with Crippen molar-refractivity contribution in [1.82, 2.24) is 0 Å². The van der Waals surface area contributed by atoms with Crippen molar-refractivity contribution in [2.24, 2.45) is 0 Å². The molecule has 0 saturated heterocycles. The van der Waals surface area contributed by atoms with Gasteiger partial charge in [0.25, 0.3) is 0 Å². The van der Waals surface area contributed by atoms with Crippen LogP contribution >= 0.6 is 15.9 Å². The highest BCUT2D eigenvalue weighted by atomic mass is 79.9. The Kier molecular flexibility index (Phi) is 5.22. The molecule has 1 aromatic rings. The second-order valence-corrected chi connectivity index (χ2v) is 4.27. The van der Waals surface area contributed by atoms with Crippen LogP contribution in [0.5, 0.6) is 0 Å². The van der Waals surface area contributed by atoms with Crippen molar-refractivity contribution >= 4 is 15.9 Å². The van der Waals surface area contributed by atoms with Crippen LogP contribution in [0.4, 0.5) is 4.39 Å². The largest absolute Gasteiger partial charge is 0.388 e. The van der Waals surface area contributed by atoms with Crippen molar-refractivity contribution in [3.63, 3.8) is 0 Å². The molecule has 1 unspecified atom stereocenters. The zero-order valence-corrected chi connectivity index (χ0v) is 10.1. The second kappa shape index (κ2) is 6.20. The lowest BCUT2D eigenvalue weighted by Gasteiger charge is -2.11. The van der Waals surface area contributed by atoms with E-state index in [1.54, 1.807) is 13.2 Å². The summed E-state index contributed by atoms with van der Waals surface area (Å²) in [7, 11) is 1.62. The fourth-order valence-corrected chi connectivity index (χ4v) is 1.84. The van der Waals surface area contributed by atoms with Gasteiger partial charge < -0.3 is 9.84 Å². The predicted octanol–water partition coefficient (Wildman–Crippen LogP) is 3.05. The lowest BCUT2D eigenvalue weighted by molar-refractivity contribution is 0.136. The molecule has 1 atom stereocenters. The molecular formula is C11H14BrFO2. The fourth-order valence-electron chi connectivity index (χ4n) is 1.36. The Labute approximate surface area is 97.2 Å². The fraction of sp³-hybridized carbons (Fsp3) is 0.455. The van der Waals surface area contributed by atoms with Gasteiger partial charge in [-0.25, -0.2) is 4.39 Å². The summed E-state index contributed by atoms with van der Waals surface area (Å²) in [4.78, 5) is 0. The van der Waals surface area contributed by atoms with Crippen LogP contribution in [0.15, 0.2) is 22.7 Å². The number of methoxy groups -OCH3 is 1. The van der Waals surface area contributed by atoms with Crippen molar-refractivity contribution in [3.8, 4) is 0 Å². The van der Waals surface area contributed by atoms with Gasteiger partial charge in [0.05, 0.1) is 6.10 Å². The highest BCUT2D eigenvalue weighted by molar-refractivity contribution is 9.10. The molecule has 4 heteroatoms. The van der Waals surface area contributed by atoms with Crippen molar-refractivity contribution in [1.29, 1.82) is 0 Å². The number of rotatable bonds is 5. The van der Waals surface area contributed by atoms with E-state index in [-0.39, 0.29) is 5.82 Å². The number of aliphatic hydroxyl groups is 1. The van der Waals surface area contributed by atoms with Gasteiger partial charge in [0.1, 0.15) is 5.82 Å². The number of ether oxygens (including phenoxy) is 1. The Hall–Kier alpha value is -0.450. The average Bonchev–Trinajstić information content (AvgIpc) is 2.16. The molecule has 0 fully saturated rings. The molecular weight excluding hydrogens is 263 g/mol. The first kappa shape index (κ1) is 12.6. The first-order valence-corrected chi connectivity index (χ1v) is 5.56. The number of aliphatic hydroxyl groups excluding tert-OH is 1. The third-order valence-electron chi connectivity index (χ3n) is 2.10. The molecule has 1 rings (SSSR count). The number of hydrogen-bond acceptors (Lipinski definition) is 2. The predicted molar refractivity (Wildman–Crippen MR) is 60.2 cm³/mol. The van der Waals surface area contributed by atoms with Gasteiger partial charge in [0.2, 0.25) is 0 Å². The van der Waals surface area contributed by atoms with Crippen LogP contribution in [-0.2, 0) is 4.74 Å². The zero-order valence-electron chi connectivity index (χ0n) is 8.54. The highest BCUT2D eigenvalue weighted by Crippen LogP contribution is 2.23. The first-order valence-electron chi connectivity index (χ1n) is 4.76. The molecule has 0 amide bonds. The van der Waals surface area contributed by atoms with Gasteiger partial charge in [-0.15, -0.1) is 0 Å². The van der Waals surface area contributed by atoms with E-state index < -0.39 is 6.10 Å².